The molecule has 16 heavy (non-hydrogen) atoms. The molecule has 1 unspecified atom stereocenters. The zero-order valence-corrected chi connectivity index (χ0v) is 11.8. The minimum atomic E-state index is 0.247. The summed E-state index contributed by atoms with van der Waals surface area (Å²) in [6.45, 7) is 6.50. The summed E-state index contributed by atoms with van der Waals surface area (Å²) in [5.41, 5.74) is 0. The van der Waals surface area contributed by atoms with Gasteiger partial charge in [0, 0.05) is 19.3 Å². The zero-order valence-electron chi connectivity index (χ0n) is 10.2. The molecular formula is C10H17ClN4S. The van der Waals surface area contributed by atoms with Gasteiger partial charge in [-0.3, -0.25) is 0 Å². The predicted octanol–water partition coefficient (Wildman–Crippen LogP) is 2.73. The fraction of sp³-hybridized carbons (Fsp3) is 0.700. The van der Waals surface area contributed by atoms with Crippen LogP contribution in [0.3, 0.4) is 0 Å². The lowest BCUT2D eigenvalue weighted by Crippen LogP contribution is -2.14. The van der Waals surface area contributed by atoms with Gasteiger partial charge in [0.25, 0.3) is 0 Å². The summed E-state index contributed by atoms with van der Waals surface area (Å²) in [7, 11) is 3.76. The van der Waals surface area contributed by atoms with Crippen molar-refractivity contribution in [2.75, 3.05) is 19.0 Å². The highest BCUT2D eigenvalue weighted by Gasteiger charge is 2.13. The summed E-state index contributed by atoms with van der Waals surface area (Å²) >= 11 is 7.48. The highest BCUT2D eigenvalue weighted by molar-refractivity contribution is 7.99. The second-order valence-corrected chi connectivity index (χ2v) is 5.83. The molecule has 1 heterocycles. The maximum atomic E-state index is 5.85. The van der Waals surface area contributed by atoms with E-state index in [4.69, 9.17) is 11.6 Å². The predicted molar refractivity (Wildman–Crippen MR) is 69.3 cm³/mol. The van der Waals surface area contributed by atoms with E-state index in [1.54, 1.807) is 11.8 Å². The Balaban J connectivity index is 2.88. The van der Waals surface area contributed by atoms with Crippen molar-refractivity contribution in [2.24, 2.45) is 5.92 Å². The highest BCUT2D eigenvalue weighted by atomic mass is 35.5. The first kappa shape index (κ1) is 13.5. The van der Waals surface area contributed by atoms with E-state index >= 15 is 0 Å². The van der Waals surface area contributed by atoms with Crippen molar-refractivity contribution < 1.29 is 0 Å². The molecule has 90 valence electrons. The van der Waals surface area contributed by atoms with Gasteiger partial charge in [-0.2, -0.15) is 15.0 Å². The molecule has 1 rings (SSSR count). The van der Waals surface area contributed by atoms with Gasteiger partial charge in [0.05, 0.1) is 0 Å². The molecule has 0 radical (unpaired) electrons. The SMILES string of the molecule is CC(C)C(C)Sc1nc(Cl)nc(N(C)C)n1. The van der Waals surface area contributed by atoms with Crippen molar-refractivity contribution in [2.45, 2.75) is 31.2 Å². The summed E-state index contributed by atoms with van der Waals surface area (Å²) in [5, 5.41) is 1.38. The molecule has 1 atom stereocenters. The maximum absolute atomic E-state index is 5.85. The summed E-state index contributed by atoms with van der Waals surface area (Å²) in [6.07, 6.45) is 0. The molecule has 4 nitrogen and oxygen atoms in total. The Hall–Kier alpha value is -0.550. The third kappa shape index (κ3) is 3.79. The number of aromatic nitrogens is 3. The van der Waals surface area contributed by atoms with Crippen LogP contribution < -0.4 is 4.90 Å². The number of hydrogen-bond acceptors (Lipinski definition) is 5. The minimum absolute atomic E-state index is 0.247. The molecule has 0 aliphatic carbocycles. The molecule has 1 aromatic rings. The first-order valence-electron chi connectivity index (χ1n) is 5.15. The van der Waals surface area contributed by atoms with Gasteiger partial charge in [-0.05, 0) is 17.5 Å². The van der Waals surface area contributed by atoms with Crippen LogP contribution in [-0.4, -0.2) is 34.3 Å². The summed E-state index contributed by atoms with van der Waals surface area (Å²) in [5.74, 6) is 1.17. The van der Waals surface area contributed by atoms with E-state index in [1.165, 1.54) is 0 Å². The van der Waals surface area contributed by atoms with Gasteiger partial charge < -0.3 is 4.90 Å². The van der Waals surface area contributed by atoms with Crippen LogP contribution in [0, 0.1) is 5.92 Å². The number of rotatable bonds is 4. The monoisotopic (exact) mass is 260 g/mol. The molecule has 0 saturated heterocycles. The third-order valence-electron chi connectivity index (χ3n) is 2.21. The fourth-order valence-corrected chi connectivity index (χ4v) is 1.96. The van der Waals surface area contributed by atoms with Crippen molar-refractivity contribution in [1.29, 1.82) is 0 Å². The van der Waals surface area contributed by atoms with Gasteiger partial charge >= 0.3 is 0 Å². The van der Waals surface area contributed by atoms with E-state index < -0.39 is 0 Å². The Kier molecular flexibility index (Phi) is 4.80. The molecule has 0 aromatic carbocycles. The number of halogens is 1. The van der Waals surface area contributed by atoms with E-state index in [-0.39, 0.29) is 5.28 Å². The quantitative estimate of drug-likeness (QED) is 0.779. The van der Waals surface area contributed by atoms with E-state index in [9.17, 15) is 0 Å². The number of nitrogens with zero attached hydrogens (tertiary/aromatic N) is 4. The van der Waals surface area contributed by atoms with E-state index in [0.717, 1.165) is 0 Å². The van der Waals surface area contributed by atoms with Crippen LogP contribution in [-0.2, 0) is 0 Å². The van der Waals surface area contributed by atoms with Crippen LogP contribution in [0.25, 0.3) is 0 Å². The van der Waals surface area contributed by atoms with Crippen LogP contribution in [0.4, 0.5) is 5.95 Å². The number of thioether (sulfide) groups is 1. The minimum Gasteiger partial charge on any atom is -0.347 e. The molecule has 1 aromatic heterocycles. The van der Waals surface area contributed by atoms with Crippen LogP contribution in [0.5, 0.6) is 0 Å². The lowest BCUT2D eigenvalue weighted by Gasteiger charge is -2.15. The second-order valence-electron chi connectivity index (χ2n) is 4.15. The van der Waals surface area contributed by atoms with Crippen molar-refractivity contribution in [1.82, 2.24) is 15.0 Å². The van der Waals surface area contributed by atoms with Gasteiger partial charge in [-0.25, -0.2) is 0 Å². The lowest BCUT2D eigenvalue weighted by molar-refractivity contribution is 0.640. The third-order valence-corrected chi connectivity index (χ3v) is 3.68. The Bertz CT molecular complexity index is 357. The van der Waals surface area contributed by atoms with Crippen molar-refractivity contribution >= 4 is 29.3 Å². The molecule has 0 fully saturated rings. The normalized spacial score (nSPS) is 12.9. The molecule has 0 bridgehead atoms. The molecule has 0 aliphatic heterocycles. The molecule has 0 saturated carbocycles. The molecule has 6 heteroatoms. The highest BCUT2D eigenvalue weighted by Crippen LogP contribution is 2.26. The fourth-order valence-electron chi connectivity index (χ4n) is 0.877. The van der Waals surface area contributed by atoms with Crippen LogP contribution in [0.15, 0.2) is 5.16 Å². The average molecular weight is 261 g/mol. The lowest BCUT2D eigenvalue weighted by atomic mass is 10.2. The maximum Gasteiger partial charge on any atom is 0.230 e. The Morgan fingerprint density at radius 2 is 1.75 bits per heavy atom. The largest absolute Gasteiger partial charge is 0.347 e. The van der Waals surface area contributed by atoms with E-state index in [2.05, 4.69) is 35.7 Å². The summed E-state index contributed by atoms with van der Waals surface area (Å²) in [6, 6.07) is 0. The Labute approximate surface area is 106 Å². The van der Waals surface area contributed by atoms with Gasteiger partial charge in [0.1, 0.15) is 0 Å². The average Bonchev–Trinajstić information content (AvgIpc) is 2.16. The molecule has 0 aliphatic rings. The van der Waals surface area contributed by atoms with Crippen LogP contribution >= 0.6 is 23.4 Å². The van der Waals surface area contributed by atoms with Gasteiger partial charge in [-0.15, -0.1) is 0 Å². The van der Waals surface area contributed by atoms with Crippen molar-refractivity contribution in [3.63, 3.8) is 0 Å². The number of hydrogen-bond donors (Lipinski definition) is 0. The molecule has 0 N–H and O–H groups in total. The summed E-state index contributed by atoms with van der Waals surface area (Å²) < 4.78 is 0. The smallest absolute Gasteiger partial charge is 0.230 e. The molecular weight excluding hydrogens is 244 g/mol. The van der Waals surface area contributed by atoms with Crippen molar-refractivity contribution in [3.8, 4) is 0 Å². The van der Waals surface area contributed by atoms with Crippen LogP contribution in [0.1, 0.15) is 20.8 Å². The van der Waals surface area contributed by atoms with Gasteiger partial charge in [-0.1, -0.05) is 32.5 Å². The topological polar surface area (TPSA) is 41.9 Å². The van der Waals surface area contributed by atoms with Crippen molar-refractivity contribution in [3.05, 3.63) is 5.28 Å². The van der Waals surface area contributed by atoms with Gasteiger partial charge in [0.2, 0.25) is 11.2 Å². The van der Waals surface area contributed by atoms with Crippen LogP contribution in [0.2, 0.25) is 5.28 Å². The molecule has 0 amide bonds. The van der Waals surface area contributed by atoms with Gasteiger partial charge in [0.15, 0.2) is 5.16 Å². The van der Waals surface area contributed by atoms with E-state index in [0.29, 0.717) is 22.3 Å². The Morgan fingerprint density at radius 3 is 2.25 bits per heavy atom. The first-order chi connectivity index (χ1) is 7.40. The second kappa shape index (κ2) is 5.68. The summed E-state index contributed by atoms with van der Waals surface area (Å²) in [4.78, 5) is 14.3. The zero-order chi connectivity index (χ0) is 12.3. The number of anilines is 1. The molecule has 0 spiro atoms. The Morgan fingerprint density at radius 1 is 1.12 bits per heavy atom. The van der Waals surface area contributed by atoms with E-state index in [1.807, 2.05) is 19.0 Å². The standard InChI is InChI=1S/C10H17ClN4S/c1-6(2)7(3)16-10-13-8(11)12-9(14-10)15(4)5/h6-7H,1-5H3. The first-order valence-corrected chi connectivity index (χ1v) is 6.41.